The molecule has 0 fully saturated rings. The lowest BCUT2D eigenvalue weighted by Gasteiger charge is -2.15. The molecule has 0 radical (unpaired) electrons. The van der Waals surface area contributed by atoms with Crippen LogP contribution in [0.5, 0.6) is 5.75 Å². The van der Waals surface area contributed by atoms with Crippen molar-refractivity contribution < 1.29 is 14.6 Å². The number of ether oxygens (including phenoxy) is 1. The van der Waals surface area contributed by atoms with Crippen molar-refractivity contribution in [3.63, 3.8) is 0 Å². The first-order valence-electron chi connectivity index (χ1n) is 6.95. The molecule has 114 valence electrons. The Bertz CT molecular complexity index is 635. The highest BCUT2D eigenvalue weighted by Gasteiger charge is 2.08. The number of hydrogen-bond acceptors (Lipinski definition) is 2. The summed E-state index contributed by atoms with van der Waals surface area (Å²) in [5.41, 5.74) is 2.74. The molecule has 4 nitrogen and oxygen atoms in total. The second-order valence-electron chi connectivity index (χ2n) is 5.04. The van der Waals surface area contributed by atoms with Gasteiger partial charge in [0.2, 0.25) is 0 Å². The molecule has 0 aliphatic rings. The van der Waals surface area contributed by atoms with E-state index in [2.05, 4.69) is 6.58 Å². The number of rotatable bonds is 6. The average Bonchev–Trinajstić information content (AvgIpc) is 2.54. The maximum Gasteiger partial charge on any atom is 0.407 e. The Balaban J connectivity index is 1.92. The number of likely N-dealkylation sites (N-methyl/N-ethyl adjacent to an activating group) is 1. The standard InChI is InChI=1S/C18H19NO3/c1-14(12-19(2)18(20)21)16-10-8-15(9-11-16)13-22-17-6-4-3-5-7-17/h3-11H,1,12-13H2,2H3,(H,20,21). The van der Waals surface area contributed by atoms with Crippen molar-refractivity contribution in [3.8, 4) is 5.75 Å². The predicted octanol–water partition coefficient (Wildman–Crippen LogP) is 3.89. The lowest BCUT2D eigenvalue weighted by atomic mass is 10.1. The molecule has 2 rings (SSSR count). The highest BCUT2D eigenvalue weighted by atomic mass is 16.5. The highest BCUT2D eigenvalue weighted by Crippen LogP contribution is 2.16. The van der Waals surface area contributed by atoms with Gasteiger partial charge in [-0.25, -0.2) is 4.79 Å². The quantitative estimate of drug-likeness (QED) is 0.880. The number of carboxylic acid groups (broad SMARTS) is 1. The van der Waals surface area contributed by atoms with E-state index in [4.69, 9.17) is 9.84 Å². The maximum absolute atomic E-state index is 10.8. The molecule has 4 heteroatoms. The molecule has 0 unspecified atom stereocenters. The summed E-state index contributed by atoms with van der Waals surface area (Å²) in [4.78, 5) is 12.0. The summed E-state index contributed by atoms with van der Waals surface area (Å²) in [6, 6.07) is 17.4. The van der Waals surface area contributed by atoms with Crippen LogP contribution < -0.4 is 4.74 Å². The largest absolute Gasteiger partial charge is 0.489 e. The van der Waals surface area contributed by atoms with Crippen molar-refractivity contribution in [2.24, 2.45) is 0 Å². The van der Waals surface area contributed by atoms with Crippen molar-refractivity contribution in [2.75, 3.05) is 13.6 Å². The summed E-state index contributed by atoms with van der Waals surface area (Å²) in [6.45, 7) is 4.71. The summed E-state index contributed by atoms with van der Waals surface area (Å²) < 4.78 is 5.68. The van der Waals surface area contributed by atoms with Crippen LogP contribution in [-0.4, -0.2) is 29.7 Å². The van der Waals surface area contributed by atoms with Crippen LogP contribution in [0.25, 0.3) is 5.57 Å². The van der Waals surface area contributed by atoms with Crippen LogP contribution in [0.15, 0.2) is 61.2 Å². The molecule has 0 saturated carbocycles. The highest BCUT2D eigenvalue weighted by molar-refractivity contribution is 5.71. The zero-order valence-electron chi connectivity index (χ0n) is 12.5. The normalized spacial score (nSPS) is 10.0. The molecule has 0 spiro atoms. The van der Waals surface area contributed by atoms with Crippen molar-refractivity contribution in [1.82, 2.24) is 4.90 Å². The number of para-hydroxylation sites is 1. The first-order valence-corrected chi connectivity index (χ1v) is 6.95. The van der Waals surface area contributed by atoms with E-state index in [0.29, 0.717) is 6.61 Å². The van der Waals surface area contributed by atoms with Crippen LogP contribution in [0, 0.1) is 0 Å². The molecular formula is C18H19NO3. The van der Waals surface area contributed by atoms with Gasteiger partial charge in [0.15, 0.2) is 0 Å². The summed E-state index contributed by atoms with van der Waals surface area (Å²) in [7, 11) is 1.52. The van der Waals surface area contributed by atoms with Crippen LogP contribution in [0.4, 0.5) is 4.79 Å². The van der Waals surface area contributed by atoms with Crippen molar-refractivity contribution in [3.05, 3.63) is 72.3 Å². The third kappa shape index (κ3) is 4.38. The minimum atomic E-state index is -0.964. The fourth-order valence-electron chi connectivity index (χ4n) is 1.97. The van der Waals surface area contributed by atoms with Crippen LogP contribution in [0.2, 0.25) is 0 Å². The van der Waals surface area contributed by atoms with Crippen LogP contribution in [-0.2, 0) is 6.61 Å². The van der Waals surface area contributed by atoms with E-state index >= 15 is 0 Å². The van der Waals surface area contributed by atoms with Gasteiger partial charge in [-0.05, 0) is 28.8 Å². The van der Waals surface area contributed by atoms with Gasteiger partial charge in [-0.2, -0.15) is 0 Å². The molecule has 1 amide bonds. The zero-order valence-corrected chi connectivity index (χ0v) is 12.5. The summed E-state index contributed by atoms with van der Waals surface area (Å²) in [5.74, 6) is 0.832. The van der Waals surface area contributed by atoms with Gasteiger partial charge < -0.3 is 14.7 Å². The number of amides is 1. The molecule has 0 aliphatic carbocycles. The van der Waals surface area contributed by atoms with Crippen LogP contribution in [0.1, 0.15) is 11.1 Å². The second-order valence-corrected chi connectivity index (χ2v) is 5.04. The van der Waals surface area contributed by atoms with Crippen molar-refractivity contribution in [1.29, 1.82) is 0 Å². The second kappa shape index (κ2) is 7.31. The molecule has 2 aromatic rings. The molecule has 2 aromatic carbocycles. The van der Waals surface area contributed by atoms with E-state index in [0.717, 1.165) is 22.4 Å². The number of nitrogens with zero attached hydrogens (tertiary/aromatic N) is 1. The Hall–Kier alpha value is -2.75. The molecule has 0 aromatic heterocycles. The summed E-state index contributed by atoms with van der Waals surface area (Å²) in [5, 5.41) is 8.87. The van der Waals surface area contributed by atoms with Gasteiger partial charge in [0, 0.05) is 13.6 Å². The van der Waals surface area contributed by atoms with Gasteiger partial charge in [0.1, 0.15) is 12.4 Å². The van der Waals surface area contributed by atoms with Crippen LogP contribution in [0.3, 0.4) is 0 Å². The SMILES string of the molecule is C=C(CN(C)C(=O)O)c1ccc(COc2ccccc2)cc1. The van der Waals surface area contributed by atoms with Crippen molar-refractivity contribution >= 4 is 11.7 Å². The first-order chi connectivity index (χ1) is 10.6. The Labute approximate surface area is 130 Å². The third-order valence-corrected chi connectivity index (χ3v) is 3.27. The number of hydrogen-bond donors (Lipinski definition) is 1. The summed E-state index contributed by atoms with van der Waals surface area (Å²) >= 11 is 0. The summed E-state index contributed by atoms with van der Waals surface area (Å²) in [6.07, 6.45) is -0.964. The van der Waals surface area contributed by atoms with Gasteiger partial charge in [0.25, 0.3) is 0 Å². The first kappa shape index (κ1) is 15.6. The molecule has 0 atom stereocenters. The Morgan fingerprint density at radius 3 is 2.36 bits per heavy atom. The van der Waals surface area contributed by atoms with Gasteiger partial charge in [-0.15, -0.1) is 0 Å². The van der Waals surface area contributed by atoms with E-state index < -0.39 is 6.09 Å². The topological polar surface area (TPSA) is 49.8 Å². The van der Waals surface area contributed by atoms with Gasteiger partial charge in [-0.1, -0.05) is 49.0 Å². The molecule has 0 saturated heterocycles. The zero-order chi connectivity index (χ0) is 15.9. The Morgan fingerprint density at radius 2 is 1.77 bits per heavy atom. The number of carbonyl (C=O) groups is 1. The van der Waals surface area contributed by atoms with Gasteiger partial charge in [0.05, 0.1) is 0 Å². The lowest BCUT2D eigenvalue weighted by Crippen LogP contribution is -2.26. The van der Waals surface area contributed by atoms with E-state index in [1.807, 2.05) is 54.6 Å². The predicted molar refractivity (Wildman–Crippen MR) is 86.9 cm³/mol. The fourth-order valence-corrected chi connectivity index (χ4v) is 1.97. The molecule has 0 heterocycles. The average molecular weight is 297 g/mol. The van der Waals surface area contributed by atoms with E-state index in [9.17, 15) is 4.79 Å². The molecule has 1 N–H and O–H groups in total. The molecular weight excluding hydrogens is 278 g/mol. The molecule has 22 heavy (non-hydrogen) atoms. The van der Waals surface area contributed by atoms with Gasteiger partial charge in [-0.3, -0.25) is 0 Å². The Morgan fingerprint density at radius 1 is 1.14 bits per heavy atom. The van der Waals surface area contributed by atoms with Gasteiger partial charge >= 0.3 is 6.09 Å². The Kier molecular flexibility index (Phi) is 5.20. The maximum atomic E-state index is 10.8. The van der Waals surface area contributed by atoms with Crippen molar-refractivity contribution in [2.45, 2.75) is 6.61 Å². The molecule has 0 aliphatic heterocycles. The number of benzene rings is 2. The minimum absolute atomic E-state index is 0.287. The molecule has 0 bridgehead atoms. The third-order valence-electron chi connectivity index (χ3n) is 3.27. The lowest BCUT2D eigenvalue weighted by molar-refractivity contribution is 0.161. The minimum Gasteiger partial charge on any atom is -0.489 e. The van der Waals surface area contributed by atoms with Crippen LogP contribution >= 0.6 is 0 Å². The monoisotopic (exact) mass is 297 g/mol. The van der Waals surface area contributed by atoms with E-state index in [1.54, 1.807) is 0 Å². The van der Waals surface area contributed by atoms with E-state index in [-0.39, 0.29) is 6.54 Å². The van der Waals surface area contributed by atoms with E-state index in [1.165, 1.54) is 11.9 Å². The smallest absolute Gasteiger partial charge is 0.407 e. The fraction of sp³-hybridized carbons (Fsp3) is 0.167.